The molecule has 0 aliphatic carbocycles. The highest BCUT2D eigenvalue weighted by molar-refractivity contribution is 7.91. The number of H-pyrrole nitrogens is 1. The molecular weight excluding hydrogens is 703 g/mol. The Morgan fingerprint density at radius 1 is 1.11 bits per heavy atom. The first-order valence-electron chi connectivity index (χ1n) is 17.9. The number of fused-ring (bicyclic) bond motifs is 8. The smallest absolute Gasteiger partial charge is 0.308 e. The highest BCUT2D eigenvalue weighted by Crippen LogP contribution is 2.41. The van der Waals surface area contributed by atoms with E-state index >= 15 is 8.78 Å². The molecule has 53 heavy (non-hydrogen) atoms. The van der Waals surface area contributed by atoms with Crippen LogP contribution in [0.25, 0.3) is 22.3 Å². The molecule has 3 aromatic carbocycles. The van der Waals surface area contributed by atoms with E-state index in [1.807, 2.05) is 38.1 Å². The third-order valence-corrected chi connectivity index (χ3v) is 12.2. The number of benzene rings is 3. The molecular formula is C40H46F2N4O6S. The third-order valence-electron chi connectivity index (χ3n) is 10.2. The Labute approximate surface area is 308 Å². The van der Waals surface area contributed by atoms with Crippen molar-refractivity contribution >= 4 is 26.7 Å². The van der Waals surface area contributed by atoms with Crippen molar-refractivity contribution < 1.29 is 36.6 Å². The second kappa shape index (κ2) is 15.0. The first-order chi connectivity index (χ1) is 25.1. The molecule has 3 heterocycles. The van der Waals surface area contributed by atoms with E-state index in [1.165, 1.54) is 28.9 Å². The van der Waals surface area contributed by atoms with Crippen LogP contribution in [-0.2, 0) is 44.7 Å². The Hall–Kier alpha value is -4.62. The van der Waals surface area contributed by atoms with Crippen LogP contribution in [0.15, 0.2) is 60.8 Å². The van der Waals surface area contributed by atoms with Crippen LogP contribution in [0.2, 0.25) is 0 Å². The van der Waals surface area contributed by atoms with Gasteiger partial charge in [-0.15, -0.1) is 0 Å². The number of hydrogen-bond acceptors (Lipinski definition) is 8. The summed E-state index contributed by atoms with van der Waals surface area (Å²) >= 11 is 0. The molecule has 13 heteroatoms. The van der Waals surface area contributed by atoms with Crippen molar-refractivity contribution in [3.8, 4) is 22.9 Å². The molecule has 1 aliphatic rings. The summed E-state index contributed by atoms with van der Waals surface area (Å²) in [5.41, 5.74) is 0.654. The molecule has 1 aliphatic heterocycles. The monoisotopic (exact) mass is 748 g/mol. The molecule has 2 unspecified atom stereocenters. The number of hydrogen-bond donors (Lipinski definition) is 2. The first kappa shape index (κ1) is 38.1. The van der Waals surface area contributed by atoms with Crippen LogP contribution in [0, 0.1) is 23.0 Å². The van der Waals surface area contributed by atoms with E-state index < -0.39 is 44.8 Å². The van der Waals surface area contributed by atoms with E-state index in [0.717, 1.165) is 5.56 Å². The molecule has 0 amide bonds. The van der Waals surface area contributed by atoms with Crippen LogP contribution in [0.5, 0.6) is 11.5 Å². The zero-order valence-electron chi connectivity index (χ0n) is 30.7. The highest BCUT2D eigenvalue weighted by atomic mass is 32.2. The second-order valence-electron chi connectivity index (χ2n) is 14.9. The van der Waals surface area contributed by atoms with Gasteiger partial charge < -0.3 is 19.6 Å². The lowest BCUT2D eigenvalue weighted by Gasteiger charge is -2.32. The Morgan fingerprint density at radius 3 is 2.66 bits per heavy atom. The fourth-order valence-corrected chi connectivity index (χ4v) is 9.47. The SMILES string of the molecule is CCOC(=O)C(C)Cc1cccc(C2(CO)CCCC(C)(C)CS(=O)(=O)CCc3c(c(F)cc4[nH]ccc34)Oc3ccc(F)c(c3)-c3nc2nn3C)c1. The summed E-state index contributed by atoms with van der Waals surface area (Å²) in [5, 5.41) is 16.7. The van der Waals surface area contributed by atoms with Gasteiger partial charge in [0.25, 0.3) is 0 Å². The average molecular weight is 749 g/mol. The van der Waals surface area contributed by atoms with Crippen molar-refractivity contribution in [2.24, 2.45) is 18.4 Å². The summed E-state index contributed by atoms with van der Waals surface area (Å²) < 4.78 is 71.6. The van der Waals surface area contributed by atoms with Crippen molar-refractivity contribution in [1.82, 2.24) is 19.7 Å². The maximum absolute atomic E-state index is 15.7. The standard InChI is InChI=1S/C40H46F2N4O6S/c1-6-51-37(48)25(2)19-26-9-7-10-27(20-26)40(23-47)16-8-15-39(3,4)24-53(49,50)18-14-30-29-13-17-43-34(29)22-33(42)35(30)52-28-11-12-32(41)31(21-28)36-44-38(40)45-46(36)5/h7,9-13,17,20-22,25,43,47H,6,8,14-16,18-19,23-24H2,1-5H3. The number of sulfone groups is 1. The van der Waals surface area contributed by atoms with Gasteiger partial charge in [0.2, 0.25) is 0 Å². The molecule has 0 fully saturated rings. The number of aliphatic hydroxyl groups is 1. The lowest BCUT2D eigenvalue weighted by molar-refractivity contribution is -0.147. The normalized spacial score (nSPS) is 19.4. The van der Waals surface area contributed by atoms with Gasteiger partial charge in [0.15, 0.2) is 33.1 Å². The van der Waals surface area contributed by atoms with E-state index in [4.69, 9.17) is 19.6 Å². The summed E-state index contributed by atoms with van der Waals surface area (Å²) in [5.74, 6) is -1.98. The number of carbonyl (C=O) groups is 1. The quantitative estimate of drug-likeness (QED) is 0.174. The summed E-state index contributed by atoms with van der Waals surface area (Å²) in [6.07, 6.45) is 3.38. The van der Waals surface area contributed by atoms with Gasteiger partial charge >= 0.3 is 5.97 Å². The van der Waals surface area contributed by atoms with Crippen LogP contribution in [0.4, 0.5) is 8.78 Å². The number of esters is 1. The Morgan fingerprint density at radius 2 is 1.91 bits per heavy atom. The lowest BCUT2D eigenvalue weighted by atomic mass is 9.74. The Kier molecular flexibility index (Phi) is 10.8. The molecule has 0 spiro atoms. The maximum atomic E-state index is 15.7. The maximum Gasteiger partial charge on any atom is 0.308 e. The van der Waals surface area contributed by atoms with E-state index in [2.05, 4.69) is 4.98 Å². The van der Waals surface area contributed by atoms with Crippen molar-refractivity contribution in [3.63, 3.8) is 0 Å². The molecule has 10 nitrogen and oxygen atoms in total. The summed E-state index contributed by atoms with van der Waals surface area (Å²) in [4.78, 5) is 20.3. The molecule has 0 radical (unpaired) electrons. The number of carbonyl (C=O) groups excluding carboxylic acids is 1. The number of rotatable bonds is 6. The molecule has 2 atom stereocenters. The number of nitrogens with zero attached hydrogens (tertiary/aromatic N) is 3. The molecule has 5 aromatic rings. The molecule has 6 rings (SSSR count). The van der Waals surface area contributed by atoms with E-state index in [1.54, 1.807) is 33.2 Å². The average Bonchev–Trinajstić information content (AvgIpc) is 3.73. The summed E-state index contributed by atoms with van der Waals surface area (Å²) in [7, 11) is -2.01. The van der Waals surface area contributed by atoms with Gasteiger partial charge in [0, 0.05) is 35.8 Å². The number of halogens is 2. The molecule has 0 saturated heterocycles. The summed E-state index contributed by atoms with van der Waals surface area (Å²) in [6, 6.07) is 14.6. The number of aliphatic hydroxyl groups excluding tert-OH is 1. The first-order valence-corrected chi connectivity index (χ1v) is 19.7. The van der Waals surface area contributed by atoms with E-state index in [9.17, 15) is 18.3 Å². The number of aryl methyl sites for hydroxylation is 2. The minimum Gasteiger partial charge on any atom is -0.466 e. The summed E-state index contributed by atoms with van der Waals surface area (Å²) in [6.45, 7) is 7.23. The van der Waals surface area contributed by atoms with Gasteiger partial charge in [0.05, 0.1) is 41.6 Å². The molecule has 2 N–H and O–H groups in total. The van der Waals surface area contributed by atoms with Crippen LogP contribution in [-0.4, -0.2) is 64.0 Å². The van der Waals surface area contributed by atoms with Crippen molar-refractivity contribution in [3.05, 3.63) is 94.9 Å². The van der Waals surface area contributed by atoms with Crippen LogP contribution < -0.4 is 4.74 Å². The molecule has 282 valence electrons. The molecule has 0 saturated carbocycles. The van der Waals surface area contributed by atoms with Gasteiger partial charge in [-0.3, -0.25) is 4.79 Å². The largest absolute Gasteiger partial charge is 0.466 e. The van der Waals surface area contributed by atoms with Gasteiger partial charge in [-0.05, 0) is 73.4 Å². The van der Waals surface area contributed by atoms with Gasteiger partial charge in [-0.1, -0.05) is 51.5 Å². The lowest BCUT2D eigenvalue weighted by Crippen LogP contribution is -2.35. The minimum atomic E-state index is -3.64. The van der Waals surface area contributed by atoms with Gasteiger partial charge in [-0.25, -0.2) is 26.9 Å². The Bertz CT molecular complexity index is 2250. The van der Waals surface area contributed by atoms with Crippen LogP contribution in [0.3, 0.4) is 0 Å². The fraction of sp³-hybridized carbons (Fsp3) is 0.425. The van der Waals surface area contributed by atoms with Crippen molar-refractivity contribution in [2.45, 2.75) is 65.2 Å². The number of nitrogens with one attached hydrogen (secondary N) is 1. The molecule has 4 bridgehead atoms. The van der Waals surface area contributed by atoms with Crippen molar-refractivity contribution in [2.75, 3.05) is 24.7 Å². The Balaban J connectivity index is 1.49. The number of aromatic amines is 1. The highest BCUT2D eigenvalue weighted by Gasteiger charge is 2.40. The van der Waals surface area contributed by atoms with E-state index in [-0.39, 0.29) is 59.2 Å². The zero-order valence-corrected chi connectivity index (χ0v) is 31.5. The predicted molar refractivity (Wildman–Crippen MR) is 199 cm³/mol. The van der Waals surface area contributed by atoms with E-state index in [0.29, 0.717) is 47.7 Å². The topological polar surface area (TPSA) is 136 Å². The van der Waals surface area contributed by atoms with Crippen molar-refractivity contribution in [1.29, 1.82) is 0 Å². The van der Waals surface area contributed by atoms with Crippen LogP contribution in [0.1, 0.15) is 69.5 Å². The van der Waals surface area contributed by atoms with Crippen LogP contribution >= 0.6 is 0 Å². The zero-order chi connectivity index (χ0) is 38.1. The second-order valence-corrected chi connectivity index (χ2v) is 17.1. The van der Waals surface area contributed by atoms with Gasteiger partial charge in [-0.2, -0.15) is 5.10 Å². The third kappa shape index (κ3) is 8.01. The van der Waals surface area contributed by atoms with Gasteiger partial charge in [0.1, 0.15) is 11.6 Å². The number of aromatic nitrogens is 4. The predicted octanol–water partition coefficient (Wildman–Crippen LogP) is 7.22. The molecule has 2 aromatic heterocycles. The number of ether oxygens (including phenoxy) is 2. The fourth-order valence-electron chi connectivity index (χ4n) is 7.47. The minimum absolute atomic E-state index is 0.000689.